The van der Waals surface area contributed by atoms with Gasteiger partial charge in [-0.2, -0.15) is 0 Å². The molecule has 0 spiro atoms. The molecule has 0 N–H and O–H groups in total. The molecule has 3 heteroatoms. The van der Waals surface area contributed by atoms with Crippen LogP contribution in [-0.4, -0.2) is 31.7 Å². The first-order chi connectivity index (χ1) is 6.75. The third kappa shape index (κ3) is 3.39. The summed E-state index contributed by atoms with van der Waals surface area (Å²) >= 11 is 0. The molecular formula is C11H20O3. The van der Waals surface area contributed by atoms with Crippen LogP contribution in [0.25, 0.3) is 0 Å². The zero-order valence-electron chi connectivity index (χ0n) is 9.12. The molecule has 1 rings (SSSR count). The normalized spacial score (nSPS) is 20.7. The van der Waals surface area contributed by atoms with Crippen LogP contribution < -0.4 is 0 Å². The van der Waals surface area contributed by atoms with Crippen molar-refractivity contribution in [2.75, 3.05) is 19.8 Å². The summed E-state index contributed by atoms with van der Waals surface area (Å²) in [6.07, 6.45) is 2.67. The van der Waals surface area contributed by atoms with Gasteiger partial charge in [0.25, 0.3) is 0 Å². The highest BCUT2D eigenvalue weighted by Gasteiger charge is 2.27. The average molecular weight is 200 g/mol. The first-order valence-electron chi connectivity index (χ1n) is 5.45. The topological polar surface area (TPSA) is 35.5 Å². The molecule has 1 heterocycles. The van der Waals surface area contributed by atoms with Gasteiger partial charge in [0, 0.05) is 19.8 Å². The Kier molecular flexibility index (Phi) is 5.12. The average Bonchev–Trinajstić information content (AvgIpc) is 2.19. The summed E-state index contributed by atoms with van der Waals surface area (Å²) in [4.78, 5) is 11.4. The summed E-state index contributed by atoms with van der Waals surface area (Å²) in [6, 6.07) is 0. The summed E-state index contributed by atoms with van der Waals surface area (Å²) in [5, 5.41) is 0. The van der Waals surface area contributed by atoms with E-state index < -0.39 is 0 Å². The van der Waals surface area contributed by atoms with Gasteiger partial charge in [-0.25, -0.2) is 0 Å². The Morgan fingerprint density at radius 2 is 2.14 bits per heavy atom. The molecule has 0 aromatic heterocycles. The van der Waals surface area contributed by atoms with Gasteiger partial charge in [0.05, 0.1) is 0 Å². The Hall–Kier alpha value is -0.410. The molecule has 1 atom stereocenters. The molecule has 1 fully saturated rings. The molecule has 0 bridgehead atoms. The Morgan fingerprint density at radius 1 is 1.50 bits per heavy atom. The molecule has 0 radical (unpaired) electrons. The highest BCUT2D eigenvalue weighted by atomic mass is 16.5. The zero-order chi connectivity index (χ0) is 10.4. The molecule has 0 amide bonds. The third-order valence-corrected chi connectivity index (χ3v) is 2.60. The number of rotatable bonds is 5. The Labute approximate surface area is 85.8 Å². The smallest absolute Gasteiger partial charge is 0.158 e. The lowest BCUT2D eigenvalue weighted by molar-refractivity contribution is -0.134. The van der Waals surface area contributed by atoms with Gasteiger partial charge in [0.1, 0.15) is 6.10 Å². The minimum atomic E-state index is -0.196. The van der Waals surface area contributed by atoms with E-state index in [-0.39, 0.29) is 11.9 Å². The van der Waals surface area contributed by atoms with Crippen molar-refractivity contribution < 1.29 is 14.3 Å². The van der Waals surface area contributed by atoms with E-state index in [1.165, 1.54) is 0 Å². The van der Waals surface area contributed by atoms with Gasteiger partial charge in [0.2, 0.25) is 0 Å². The van der Waals surface area contributed by atoms with Crippen molar-refractivity contribution in [1.82, 2.24) is 0 Å². The van der Waals surface area contributed by atoms with Crippen LogP contribution >= 0.6 is 0 Å². The van der Waals surface area contributed by atoms with E-state index in [2.05, 4.69) is 6.92 Å². The Morgan fingerprint density at radius 3 is 2.64 bits per heavy atom. The van der Waals surface area contributed by atoms with Gasteiger partial charge in [-0.1, -0.05) is 6.92 Å². The van der Waals surface area contributed by atoms with E-state index in [0.717, 1.165) is 32.5 Å². The lowest BCUT2D eigenvalue weighted by atomic mass is 9.91. The summed E-state index contributed by atoms with van der Waals surface area (Å²) < 4.78 is 10.9. The molecule has 82 valence electrons. The van der Waals surface area contributed by atoms with Crippen LogP contribution in [-0.2, 0) is 14.3 Å². The second kappa shape index (κ2) is 6.14. The van der Waals surface area contributed by atoms with Crippen LogP contribution in [0.5, 0.6) is 0 Å². The predicted molar refractivity (Wildman–Crippen MR) is 54.3 cm³/mol. The molecule has 1 saturated heterocycles. The van der Waals surface area contributed by atoms with Crippen LogP contribution in [0.15, 0.2) is 0 Å². The Bertz CT molecular complexity index is 173. The molecule has 3 nitrogen and oxygen atoms in total. The van der Waals surface area contributed by atoms with Crippen molar-refractivity contribution in [3.63, 3.8) is 0 Å². The lowest BCUT2D eigenvalue weighted by Gasteiger charge is -2.28. The number of hydrogen-bond donors (Lipinski definition) is 0. The number of hydrogen-bond acceptors (Lipinski definition) is 3. The first-order valence-corrected chi connectivity index (χ1v) is 5.45. The quantitative estimate of drug-likeness (QED) is 0.678. The highest BCUT2D eigenvalue weighted by Crippen LogP contribution is 2.21. The van der Waals surface area contributed by atoms with Crippen molar-refractivity contribution in [3.8, 4) is 0 Å². The molecule has 1 aliphatic rings. The van der Waals surface area contributed by atoms with Gasteiger partial charge in [-0.3, -0.25) is 4.79 Å². The fourth-order valence-corrected chi connectivity index (χ4v) is 1.85. The predicted octanol–water partition coefficient (Wildman–Crippen LogP) is 1.80. The van der Waals surface area contributed by atoms with Crippen LogP contribution in [0.2, 0.25) is 0 Å². The lowest BCUT2D eigenvalue weighted by Crippen LogP contribution is -2.35. The summed E-state index contributed by atoms with van der Waals surface area (Å²) in [6.45, 7) is 5.90. The number of carbonyl (C=O) groups is 1. The number of Topliss-reactive ketones (excluding diaryl/α,β-unsaturated/α-hetero) is 1. The SMILES string of the molecule is CCCOC(C(C)=O)C1CCOCC1. The number of ketones is 1. The van der Waals surface area contributed by atoms with Gasteiger partial charge in [-0.05, 0) is 32.1 Å². The van der Waals surface area contributed by atoms with E-state index >= 15 is 0 Å². The fourth-order valence-electron chi connectivity index (χ4n) is 1.85. The minimum Gasteiger partial charge on any atom is -0.381 e. The van der Waals surface area contributed by atoms with Crippen LogP contribution in [0, 0.1) is 5.92 Å². The van der Waals surface area contributed by atoms with Crippen LogP contribution in [0.3, 0.4) is 0 Å². The maximum absolute atomic E-state index is 11.4. The number of ether oxygens (including phenoxy) is 2. The van der Waals surface area contributed by atoms with Gasteiger partial charge < -0.3 is 9.47 Å². The van der Waals surface area contributed by atoms with E-state index in [1.54, 1.807) is 6.92 Å². The molecular weight excluding hydrogens is 180 g/mol. The number of carbonyl (C=O) groups excluding carboxylic acids is 1. The van der Waals surface area contributed by atoms with E-state index in [4.69, 9.17) is 9.47 Å². The van der Waals surface area contributed by atoms with Gasteiger partial charge in [-0.15, -0.1) is 0 Å². The summed E-state index contributed by atoms with van der Waals surface area (Å²) in [5.74, 6) is 0.526. The van der Waals surface area contributed by atoms with Crippen LogP contribution in [0.1, 0.15) is 33.1 Å². The zero-order valence-corrected chi connectivity index (χ0v) is 9.12. The minimum absolute atomic E-state index is 0.158. The first kappa shape index (κ1) is 11.7. The van der Waals surface area contributed by atoms with Crippen molar-refractivity contribution >= 4 is 5.78 Å². The second-order valence-corrected chi connectivity index (χ2v) is 3.85. The molecule has 14 heavy (non-hydrogen) atoms. The van der Waals surface area contributed by atoms with Crippen molar-refractivity contribution in [2.24, 2.45) is 5.92 Å². The Balaban J connectivity index is 2.43. The largest absolute Gasteiger partial charge is 0.381 e. The third-order valence-electron chi connectivity index (χ3n) is 2.60. The second-order valence-electron chi connectivity index (χ2n) is 3.85. The van der Waals surface area contributed by atoms with E-state index in [9.17, 15) is 4.79 Å². The molecule has 0 aliphatic carbocycles. The van der Waals surface area contributed by atoms with E-state index in [1.807, 2.05) is 0 Å². The van der Waals surface area contributed by atoms with Crippen molar-refractivity contribution in [1.29, 1.82) is 0 Å². The van der Waals surface area contributed by atoms with Crippen molar-refractivity contribution in [3.05, 3.63) is 0 Å². The van der Waals surface area contributed by atoms with Gasteiger partial charge >= 0.3 is 0 Å². The summed E-state index contributed by atoms with van der Waals surface area (Å²) in [5.41, 5.74) is 0. The summed E-state index contributed by atoms with van der Waals surface area (Å²) in [7, 11) is 0. The molecule has 0 aromatic rings. The van der Waals surface area contributed by atoms with Gasteiger partial charge in [0.15, 0.2) is 5.78 Å². The molecule has 0 aromatic carbocycles. The highest BCUT2D eigenvalue weighted by molar-refractivity contribution is 5.80. The van der Waals surface area contributed by atoms with Crippen molar-refractivity contribution in [2.45, 2.75) is 39.2 Å². The monoisotopic (exact) mass is 200 g/mol. The molecule has 1 aliphatic heterocycles. The maximum Gasteiger partial charge on any atom is 0.158 e. The molecule has 0 saturated carbocycles. The molecule has 1 unspecified atom stereocenters. The fraction of sp³-hybridized carbons (Fsp3) is 0.909. The van der Waals surface area contributed by atoms with Crippen LogP contribution in [0.4, 0.5) is 0 Å². The maximum atomic E-state index is 11.4. The van der Waals surface area contributed by atoms with E-state index in [0.29, 0.717) is 12.5 Å². The standard InChI is InChI=1S/C11H20O3/c1-3-6-14-11(9(2)12)10-4-7-13-8-5-10/h10-11H,3-8H2,1-2H3.